The lowest BCUT2D eigenvalue weighted by Crippen LogP contribution is -2.57. The first-order valence-electron chi connectivity index (χ1n) is 8.01. The lowest BCUT2D eigenvalue weighted by Gasteiger charge is -2.35. The highest BCUT2D eigenvalue weighted by Crippen LogP contribution is 2.29. The first-order chi connectivity index (χ1) is 12.1. The Morgan fingerprint density at radius 3 is 2.15 bits per heavy atom. The van der Waals surface area contributed by atoms with Crippen LogP contribution in [0.25, 0.3) is 0 Å². The largest absolute Gasteiger partial charge is 0.416 e. The zero-order chi connectivity index (χ0) is 19.4. The van der Waals surface area contributed by atoms with E-state index in [0.717, 1.165) is 24.3 Å². The van der Waals surface area contributed by atoms with Crippen molar-refractivity contribution < 1.29 is 31.1 Å². The van der Waals surface area contributed by atoms with Gasteiger partial charge in [0.05, 0.1) is 12.0 Å². The van der Waals surface area contributed by atoms with Crippen molar-refractivity contribution >= 4 is 5.91 Å². The van der Waals surface area contributed by atoms with Crippen LogP contribution in [0.2, 0.25) is 0 Å². The van der Waals surface area contributed by atoms with Crippen molar-refractivity contribution in [1.82, 2.24) is 15.5 Å². The van der Waals surface area contributed by atoms with Crippen LogP contribution in [0.5, 0.6) is 0 Å². The van der Waals surface area contributed by atoms with Crippen LogP contribution in [0.15, 0.2) is 24.3 Å². The molecule has 2 rings (SSSR count). The summed E-state index contributed by atoms with van der Waals surface area (Å²) in [4.78, 5) is 13.1. The third-order valence-corrected chi connectivity index (χ3v) is 4.11. The Kier molecular flexibility index (Phi) is 6.51. The average molecular weight is 383 g/mol. The lowest BCUT2D eigenvalue weighted by atomic mass is 10.1. The van der Waals surface area contributed by atoms with E-state index in [0.29, 0.717) is 18.7 Å². The summed E-state index contributed by atoms with van der Waals surface area (Å²) in [6.45, 7) is 0.721. The molecule has 1 amide bonds. The number of rotatable bonds is 5. The van der Waals surface area contributed by atoms with Gasteiger partial charge in [0.15, 0.2) is 0 Å². The molecule has 0 aromatic heterocycles. The predicted molar refractivity (Wildman–Crippen MR) is 82.4 cm³/mol. The Bertz CT molecular complexity index is 593. The smallest absolute Gasteiger partial charge is 0.354 e. The second-order valence-electron chi connectivity index (χ2n) is 6.02. The number of alkyl halides is 6. The molecule has 1 aliphatic rings. The number of carbonyl (C=O) groups excluding carboxylic acids is 1. The fourth-order valence-corrected chi connectivity index (χ4v) is 2.72. The molecule has 4 nitrogen and oxygen atoms in total. The maximum atomic E-state index is 13.2. The second kappa shape index (κ2) is 8.26. The van der Waals surface area contributed by atoms with E-state index in [1.165, 1.54) is 4.90 Å². The third-order valence-electron chi connectivity index (χ3n) is 4.11. The van der Waals surface area contributed by atoms with Crippen molar-refractivity contribution in [3.8, 4) is 0 Å². The van der Waals surface area contributed by atoms with Crippen LogP contribution in [0.4, 0.5) is 26.3 Å². The summed E-state index contributed by atoms with van der Waals surface area (Å²) >= 11 is 0. The molecule has 1 aromatic carbocycles. The van der Waals surface area contributed by atoms with E-state index in [2.05, 4.69) is 10.6 Å². The average Bonchev–Trinajstić information content (AvgIpc) is 2.54. The van der Waals surface area contributed by atoms with Gasteiger partial charge in [-0.2, -0.15) is 26.3 Å². The molecule has 1 heterocycles. The molecule has 2 N–H and O–H groups in total. The van der Waals surface area contributed by atoms with Gasteiger partial charge in [-0.05, 0) is 17.7 Å². The number of nitrogens with one attached hydrogen (secondary N) is 2. The maximum absolute atomic E-state index is 13.2. The first kappa shape index (κ1) is 20.5. The Morgan fingerprint density at radius 1 is 1.08 bits per heavy atom. The number of benzene rings is 1. The van der Waals surface area contributed by atoms with E-state index < -0.39 is 36.4 Å². The van der Waals surface area contributed by atoms with E-state index in [-0.39, 0.29) is 19.5 Å². The Balaban J connectivity index is 1.91. The summed E-state index contributed by atoms with van der Waals surface area (Å²) in [5.41, 5.74) is -0.557. The van der Waals surface area contributed by atoms with Gasteiger partial charge in [-0.25, -0.2) is 0 Å². The summed E-state index contributed by atoms with van der Waals surface area (Å²) in [6, 6.07) is 2.16. The minimum Gasteiger partial charge on any atom is -0.354 e. The van der Waals surface area contributed by atoms with Crippen LogP contribution in [-0.2, 0) is 17.4 Å². The van der Waals surface area contributed by atoms with E-state index >= 15 is 0 Å². The predicted octanol–water partition coefficient (Wildman–Crippen LogP) is 2.20. The SMILES string of the molecule is O=C(Cc1ccc(C(F)(F)F)cc1)NCC(N1CCNCC1)C(F)(F)F. The number of nitrogens with zero attached hydrogens (tertiary/aromatic N) is 1. The number of hydrogen-bond acceptors (Lipinski definition) is 3. The molecule has 0 saturated carbocycles. The van der Waals surface area contributed by atoms with Crippen LogP contribution in [0.3, 0.4) is 0 Å². The minimum atomic E-state index is -4.49. The number of piperazine rings is 1. The van der Waals surface area contributed by atoms with Crippen molar-refractivity contribution in [2.45, 2.75) is 24.8 Å². The van der Waals surface area contributed by atoms with Crippen molar-refractivity contribution in [2.75, 3.05) is 32.7 Å². The fraction of sp³-hybridized carbons (Fsp3) is 0.562. The molecule has 26 heavy (non-hydrogen) atoms. The number of carbonyl (C=O) groups is 1. The summed E-state index contributed by atoms with van der Waals surface area (Å²) in [6.07, 6.45) is -9.26. The van der Waals surface area contributed by atoms with Crippen molar-refractivity contribution in [3.63, 3.8) is 0 Å². The number of amides is 1. The van der Waals surface area contributed by atoms with Crippen LogP contribution in [0, 0.1) is 0 Å². The van der Waals surface area contributed by atoms with Crippen molar-refractivity contribution in [2.24, 2.45) is 0 Å². The number of halogens is 6. The van der Waals surface area contributed by atoms with Crippen molar-refractivity contribution in [3.05, 3.63) is 35.4 Å². The maximum Gasteiger partial charge on any atom is 0.416 e. The zero-order valence-corrected chi connectivity index (χ0v) is 13.8. The summed E-state index contributed by atoms with van der Waals surface area (Å²) < 4.78 is 77.1. The molecule has 1 fully saturated rings. The van der Waals surface area contributed by atoms with Gasteiger partial charge in [0.2, 0.25) is 5.91 Å². The summed E-state index contributed by atoms with van der Waals surface area (Å²) in [5.74, 6) is -0.672. The van der Waals surface area contributed by atoms with Crippen LogP contribution in [-0.4, -0.2) is 55.7 Å². The topological polar surface area (TPSA) is 44.4 Å². The normalized spacial score (nSPS) is 17.8. The quantitative estimate of drug-likeness (QED) is 0.767. The molecule has 146 valence electrons. The van der Waals surface area contributed by atoms with Gasteiger partial charge >= 0.3 is 12.4 Å². The first-order valence-corrected chi connectivity index (χ1v) is 8.01. The standard InChI is InChI=1S/C16H19F6N3O/c17-15(18,19)12-3-1-11(2-4-12)9-14(26)24-10-13(16(20,21)22)25-7-5-23-6-8-25/h1-4,13,23H,5-10H2,(H,24,26). The summed E-state index contributed by atoms with van der Waals surface area (Å²) in [7, 11) is 0. The molecule has 1 unspecified atom stereocenters. The molecule has 10 heteroatoms. The Labute approximate surface area is 146 Å². The highest BCUT2D eigenvalue weighted by molar-refractivity contribution is 5.78. The Morgan fingerprint density at radius 2 is 1.65 bits per heavy atom. The monoisotopic (exact) mass is 383 g/mol. The second-order valence-corrected chi connectivity index (χ2v) is 6.02. The van der Waals surface area contributed by atoms with Gasteiger partial charge in [0, 0.05) is 32.7 Å². The van der Waals surface area contributed by atoms with Gasteiger partial charge in [-0.3, -0.25) is 9.69 Å². The van der Waals surface area contributed by atoms with E-state index in [1.54, 1.807) is 0 Å². The molecule has 1 saturated heterocycles. The summed E-state index contributed by atoms with van der Waals surface area (Å²) in [5, 5.41) is 5.19. The van der Waals surface area contributed by atoms with Crippen LogP contribution < -0.4 is 10.6 Å². The number of hydrogen-bond donors (Lipinski definition) is 2. The molecule has 0 spiro atoms. The van der Waals surface area contributed by atoms with Gasteiger partial charge in [-0.15, -0.1) is 0 Å². The molecule has 1 atom stereocenters. The van der Waals surface area contributed by atoms with Gasteiger partial charge in [0.1, 0.15) is 6.04 Å². The van der Waals surface area contributed by atoms with Gasteiger partial charge < -0.3 is 10.6 Å². The van der Waals surface area contributed by atoms with E-state index in [9.17, 15) is 31.1 Å². The molecular weight excluding hydrogens is 364 g/mol. The minimum absolute atomic E-state index is 0.221. The van der Waals surface area contributed by atoms with Crippen LogP contribution in [0.1, 0.15) is 11.1 Å². The molecule has 1 aliphatic heterocycles. The molecule has 0 aliphatic carbocycles. The molecule has 0 radical (unpaired) electrons. The zero-order valence-electron chi connectivity index (χ0n) is 13.8. The molecule has 0 bridgehead atoms. The molecule has 1 aromatic rings. The lowest BCUT2D eigenvalue weighted by molar-refractivity contribution is -0.184. The highest BCUT2D eigenvalue weighted by atomic mass is 19.4. The van der Waals surface area contributed by atoms with Gasteiger partial charge in [-0.1, -0.05) is 12.1 Å². The van der Waals surface area contributed by atoms with E-state index in [4.69, 9.17) is 0 Å². The third kappa shape index (κ3) is 5.87. The van der Waals surface area contributed by atoms with E-state index in [1.807, 2.05) is 0 Å². The molecular formula is C16H19F6N3O. The highest BCUT2D eigenvalue weighted by Gasteiger charge is 2.43. The van der Waals surface area contributed by atoms with Crippen LogP contribution >= 0.6 is 0 Å². The Hall–Kier alpha value is -1.81. The van der Waals surface area contributed by atoms with Crippen molar-refractivity contribution in [1.29, 1.82) is 0 Å². The fourth-order valence-electron chi connectivity index (χ4n) is 2.72. The van der Waals surface area contributed by atoms with Gasteiger partial charge in [0.25, 0.3) is 0 Å².